The summed E-state index contributed by atoms with van der Waals surface area (Å²) < 4.78 is 24.1. The van der Waals surface area contributed by atoms with Crippen LogP contribution in [-0.4, -0.2) is 37.3 Å². The van der Waals surface area contributed by atoms with Gasteiger partial charge in [-0.1, -0.05) is 12.1 Å². The van der Waals surface area contributed by atoms with E-state index in [-0.39, 0.29) is 24.4 Å². The predicted molar refractivity (Wildman–Crippen MR) is 85.7 cm³/mol. The number of nitrogens with zero attached hydrogens (tertiary/aromatic N) is 2. The first-order valence-corrected chi connectivity index (χ1v) is 7.74. The van der Waals surface area contributed by atoms with Crippen molar-refractivity contribution < 1.29 is 18.7 Å². The summed E-state index contributed by atoms with van der Waals surface area (Å²) in [5.74, 6) is 1.22. The van der Waals surface area contributed by atoms with E-state index in [0.717, 1.165) is 11.4 Å². The monoisotopic (exact) mass is 329 g/mol. The first-order chi connectivity index (χ1) is 11.7. The lowest BCUT2D eigenvalue weighted by Crippen LogP contribution is -2.40. The lowest BCUT2D eigenvalue weighted by atomic mass is 10.0. The van der Waals surface area contributed by atoms with E-state index in [1.807, 2.05) is 6.07 Å². The maximum absolute atomic E-state index is 13.2. The molecule has 1 atom stereocenters. The SMILES string of the molecule is O=C1COc2ccc(N3CCOCC3c3ccc(F)cc3)nc2N1. The summed E-state index contributed by atoms with van der Waals surface area (Å²) in [7, 11) is 0. The van der Waals surface area contributed by atoms with Gasteiger partial charge in [0, 0.05) is 6.54 Å². The van der Waals surface area contributed by atoms with Gasteiger partial charge in [-0.25, -0.2) is 9.37 Å². The Labute approximate surface area is 138 Å². The van der Waals surface area contributed by atoms with E-state index in [1.54, 1.807) is 18.2 Å². The van der Waals surface area contributed by atoms with Gasteiger partial charge < -0.3 is 19.7 Å². The lowest BCUT2D eigenvalue weighted by Gasteiger charge is -2.37. The molecule has 0 radical (unpaired) electrons. The minimum Gasteiger partial charge on any atom is -0.480 e. The minimum atomic E-state index is -0.270. The number of hydrogen-bond donors (Lipinski definition) is 1. The molecule has 1 saturated heterocycles. The number of carbonyl (C=O) groups excluding carboxylic acids is 1. The summed E-state index contributed by atoms with van der Waals surface area (Å²) in [6.07, 6.45) is 0. The molecule has 2 aliphatic rings. The summed E-state index contributed by atoms with van der Waals surface area (Å²) in [6, 6.07) is 9.99. The lowest BCUT2D eigenvalue weighted by molar-refractivity contribution is -0.118. The number of hydrogen-bond acceptors (Lipinski definition) is 5. The van der Waals surface area contributed by atoms with E-state index in [9.17, 15) is 9.18 Å². The molecule has 0 saturated carbocycles. The molecule has 1 fully saturated rings. The van der Waals surface area contributed by atoms with Gasteiger partial charge in [-0.15, -0.1) is 0 Å². The van der Waals surface area contributed by atoms with E-state index in [0.29, 0.717) is 31.3 Å². The van der Waals surface area contributed by atoms with Gasteiger partial charge in [0.05, 0.1) is 19.3 Å². The van der Waals surface area contributed by atoms with E-state index in [1.165, 1.54) is 12.1 Å². The van der Waals surface area contributed by atoms with Gasteiger partial charge in [-0.2, -0.15) is 0 Å². The summed E-state index contributed by atoms with van der Waals surface area (Å²) in [5, 5.41) is 2.72. The van der Waals surface area contributed by atoms with Gasteiger partial charge in [0.2, 0.25) is 0 Å². The van der Waals surface area contributed by atoms with E-state index in [2.05, 4.69) is 15.2 Å². The second-order valence-electron chi connectivity index (χ2n) is 5.69. The van der Waals surface area contributed by atoms with Crippen molar-refractivity contribution in [1.29, 1.82) is 0 Å². The first-order valence-electron chi connectivity index (χ1n) is 7.74. The fraction of sp³-hybridized carbons (Fsp3) is 0.294. The largest absolute Gasteiger partial charge is 0.480 e. The Morgan fingerprint density at radius 2 is 2.04 bits per heavy atom. The van der Waals surface area contributed by atoms with Crippen molar-refractivity contribution in [3.05, 3.63) is 47.8 Å². The molecule has 0 aliphatic carbocycles. The number of benzene rings is 1. The predicted octanol–water partition coefficient (Wildman–Crippen LogP) is 2.13. The third kappa shape index (κ3) is 2.78. The van der Waals surface area contributed by atoms with E-state index in [4.69, 9.17) is 9.47 Å². The van der Waals surface area contributed by atoms with Crippen molar-refractivity contribution in [2.45, 2.75) is 6.04 Å². The topological polar surface area (TPSA) is 63.7 Å². The van der Waals surface area contributed by atoms with Crippen LogP contribution in [0.25, 0.3) is 0 Å². The van der Waals surface area contributed by atoms with E-state index < -0.39 is 0 Å². The Morgan fingerprint density at radius 3 is 2.88 bits per heavy atom. The maximum Gasteiger partial charge on any atom is 0.263 e. The van der Waals surface area contributed by atoms with Gasteiger partial charge in [-0.05, 0) is 29.8 Å². The van der Waals surface area contributed by atoms with Gasteiger partial charge in [-0.3, -0.25) is 4.79 Å². The Bertz CT molecular complexity index is 766. The summed E-state index contributed by atoms with van der Waals surface area (Å²) >= 11 is 0. The van der Waals surface area contributed by atoms with Crippen molar-refractivity contribution in [3.63, 3.8) is 0 Å². The molecular weight excluding hydrogens is 313 g/mol. The zero-order valence-corrected chi connectivity index (χ0v) is 12.9. The van der Waals surface area contributed by atoms with Crippen LogP contribution in [-0.2, 0) is 9.53 Å². The van der Waals surface area contributed by atoms with Crippen molar-refractivity contribution in [2.75, 3.05) is 36.6 Å². The highest BCUT2D eigenvalue weighted by molar-refractivity contribution is 5.94. The molecule has 0 bridgehead atoms. The maximum atomic E-state index is 13.2. The first kappa shape index (κ1) is 14.9. The number of amides is 1. The number of morpholine rings is 1. The standard InChI is InChI=1S/C17H16FN3O3/c18-12-3-1-11(2-4-12)13-9-23-8-7-21(13)15-6-5-14-17(19-15)20-16(22)10-24-14/h1-6,13H,7-10H2,(H,19,20,22). The van der Waals surface area contributed by atoms with Crippen LogP contribution in [0.3, 0.4) is 0 Å². The van der Waals surface area contributed by atoms with Gasteiger partial charge in [0.25, 0.3) is 5.91 Å². The normalized spacial score (nSPS) is 20.1. The molecule has 1 aromatic heterocycles. The Hall–Kier alpha value is -2.67. The third-order valence-corrected chi connectivity index (χ3v) is 4.14. The quantitative estimate of drug-likeness (QED) is 0.914. The number of fused-ring (bicyclic) bond motifs is 1. The zero-order valence-electron chi connectivity index (χ0n) is 12.9. The van der Waals surface area contributed by atoms with Gasteiger partial charge in [0.1, 0.15) is 11.6 Å². The molecule has 6 nitrogen and oxygen atoms in total. The molecule has 7 heteroatoms. The third-order valence-electron chi connectivity index (χ3n) is 4.14. The van der Waals surface area contributed by atoms with Crippen LogP contribution in [0.4, 0.5) is 16.0 Å². The highest BCUT2D eigenvalue weighted by Crippen LogP contribution is 2.33. The van der Waals surface area contributed by atoms with Crippen LogP contribution in [0.5, 0.6) is 5.75 Å². The Morgan fingerprint density at radius 1 is 1.21 bits per heavy atom. The number of aromatic nitrogens is 1. The average Bonchev–Trinajstić information content (AvgIpc) is 2.62. The van der Waals surface area contributed by atoms with Crippen molar-refractivity contribution >= 4 is 17.5 Å². The summed E-state index contributed by atoms with van der Waals surface area (Å²) in [4.78, 5) is 18.1. The van der Waals surface area contributed by atoms with Crippen LogP contribution in [0.2, 0.25) is 0 Å². The minimum absolute atomic E-state index is 0.00376. The highest BCUT2D eigenvalue weighted by atomic mass is 19.1. The second-order valence-corrected chi connectivity index (χ2v) is 5.69. The molecule has 2 aromatic rings. The number of anilines is 2. The molecule has 4 rings (SSSR count). The smallest absolute Gasteiger partial charge is 0.263 e. The summed E-state index contributed by atoms with van der Waals surface area (Å²) in [6.45, 7) is 1.74. The fourth-order valence-corrected chi connectivity index (χ4v) is 2.95. The number of carbonyl (C=O) groups is 1. The van der Waals surface area contributed by atoms with Crippen LogP contribution >= 0.6 is 0 Å². The molecule has 0 spiro atoms. The second kappa shape index (κ2) is 6.09. The van der Waals surface area contributed by atoms with Crippen molar-refractivity contribution in [1.82, 2.24) is 4.98 Å². The molecule has 1 unspecified atom stereocenters. The highest BCUT2D eigenvalue weighted by Gasteiger charge is 2.27. The molecule has 24 heavy (non-hydrogen) atoms. The molecule has 1 N–H and O–H groups in total. The van der Waals surface area contributed by atoms with Crippen LogP contribution in [0.1, 0.15) is 11.6 Å². The molecule has 124 valence electrons. The Kier molecular flexibility index (Phi) is 3.78. The number of rotatable bonds is 2. The van der Waals surface area contributed by atoms with Gasteiger partial charge >= 0.3 is 0 Å². The fourth-order valence-electron chi connectivity index (χ4n) is 2.95. The number of pyridine rings is 1. The summed E-state index contributed by atoms with van der Waals surface area (Å²) in [5.41, 5.74) is 0.955. The van der Waals surface area contributed by atoms with Crippen LogP contribution in [0.15, 0.2) is 36.4 Å². The average molecular weight is 329 g/mol. The Balaban J connectivity index is 1.66. The number of halogens is 1. The molecule has 1 aromatic carbocycles. The molecular formula is C17H16FN3O3. The zero-order chi connectivity index (χ0) is 16.5. The molecule has 3 heterocycles. The number of nitrogens with one attached hydrogen (secondary N) is 1. The van der Waals surface area contributed by atoms with Crippen molar-refractivity contribution in [3.8, 4) is 5.75 Å². The van der Waals surface area contributed by atoms with E-state index >= 15 is 0 Å². The van der Waals surface area contributed by atoms with Crippen LogP contribution < -0.4 is 15.0 Å². The molecule has 2 aliphatic heterocycles. The van der Waals surface area contributed by atoms with Crippen molar-refractivity contribution in [2.24, 2.45) is 0 Å². The van der Waals surface area contributed by atoms with Crippen LogP contribution in [0, 0.1) is 5.82 Å². The number of ether oxygens (including phenoxy) is 2. The van der Waals surface area contributed by atoms with Gasteiger partial charge in [0.15, 0.2) is 18.2 Å². The molecule has 1 amide bonds.